The van der Waals surface area contributed by atoms with Crippen LogP contribution in [0.5, 0.6) is 5.75 Å². The number of amides is 1. The van der Waals surface area contributed by atoms with Crippen molar-refractivity contribution in [1.82, 2.24) is 4.98 Å². The van der Waals surface area contributed by atoms with Crippen LogP contribution in [-0.4, -0.2) is 36.8 Å². The van der Waals surface area contributed by atoms with Gasteiger partial charge in [-0.2, -0.15) is 0 Å². The van der Waals surface area contributed by atoms with Crippen LogP contribution in [0.15, 0.2) is 59.5 Å². The average molecular weight is 395 g/mol. The van der Waals surface area contributed by atoms with E-state index >= 15 is 0 Å². The van der Waals surface area contributed by atoms with E-state index in [2.05, 4.69) is 10.3 Å². The van der Waals surface area contributed by atoms with Crippen molar-refractivity contribution in [2.75, 3.05) is 25.1 Å². The summed E-state index contributed by atoms with van der Waals surface area (Å²) in [5.74, 6) is 0.0917. The van der Waals surface area contributed by atoms with Crippen LogP contribution in [-0.2, 0) is 4.74 Å². The summed E-state index contributed by atoms with van der Waals surface area (Å²) >= 11 is 0. The molecule has 4 N–H and O–H groups in total. The molecule has 0 saturated heterocycles. The largest absolute Gasteiger partial charge is 0.491 e. The lowest BCUT2D eigenvalue weighted by Gasteiger charge is -2.17. The molecule has 0 aliphatic carbocycles. The Morgan fingerprint density at radius 1 is 1.21 bits per heavy atom. The Bertz CT molecular complexity index is 1030. The number of aromatic amines is 1. The van der Waals surface area contributed by atoms with E-state index in [0.717, 1.165) is 6.42 Å². The van der Waals surface area contributed by atoms with Gasteiger partial charge in [0, 0.05) is 42.0 Å². The number of carbonyl (C=O) groups is 1. The first kappa shape index (κ1) is 20.6. The van der Waals surface area contributed by atoms with Crippen molar-refractivity contribution < 1.29 is 14.3 Å². The highest BCUT2D eigenvalue weighted by molar-refractivity contribution is 6.05. The maximum absolute atomic E-state index is 12.6. The summed E-state index contributed by atoms with van der Waals surface area (Å²) in [6.45, 7) is 3.34. The zero-order valence-corrected chi connectivity index (χ0v) is 16.3. The first-order valence-electron chi connectivity index (χ1n) is 9.58. The van der Waals surface area contributed by atoms with Crippen LogP contribution < -0.4 is 21.2 Å². The highest BCUT2D eigenvalue weighted by Gasteiger charge is 2.14. The lowest BCUT2D eigenvalue weighted by atomic mass is 10.1. The van der Waals surface area contributed by atoms with E-state index in [0.29, 0.717) is 42.1 Å². The summed E-state index contributed by atoms with van der Waals surface area (Å²) in [5, 5.41) is 3.21. The molecule has 7 nitrogen and oxygen atoms in total. The van der Waals surface area contributed by atoms with Crippen molar-refractivity contribution in [3.05, 3.63) is 70.5 Å². The lowest BCUT2D eigenvalue weighted by Crippen LogP contribution is -2.30. The number of H-pyrrole nitrogens is 1. The Kier molecular flexibility index (Phi) is 6.99. The number of para-hydroxylation sites is 1. The Morgan fingerprint density at radius 3 is 2.83 bits per heavy atom. The highest BCUT2D eigenvalue weighted by Crippen LogP contribution is 2.18. The van der Waals surface area contributed by atoms with Gasteiger partial charge in [0.05, 0.1) is 0 Å². The molecule has 0 spiro atoms. The maximum atomic E-state index is 12.6. The van der Waals surface area contributed by atoms with Gasteiger partial charge in [-0.15, -0.1) is 0 Å². The minimum atomic E-state index is -0.486. The molecule has 1 heterocycles. The molecule has 0 fully saturated rings. The first-order chi connectivity index (χ1) is 14.1. The third-order valence-electron chi connectivity index (χ3n) is 4.38. The first-order valence-corrected chi connectivity index (χ1v) is 9.58. The number of rotatable bonds is 9. The zero-order chi connectivity index (χ0) is 20.6. The molecule has 152 valence electrons. The second-order valence-corrected chi connectivity index (χ2v) is 6.60. The number of anilines is 1. The van der Waals surface area contributed by atoms with E-state index in [4.69, 9.17) is 15.2 Å². The summed E-state index contributed by atoms with van der Waals surface area (Å²) in [4.78, 5) is 28.2. The quantitative estimate of drug-likeness (QED) is 0.516. The molecule has 0 aliphatic rings. The Labute approximate surface area is 168 Å². The molecular weight excluding hydrogens is 370 g/mol. The van der Waals surface area contributed by atoms with Gasteiger partial charge in [-0.3, -0.25) is 9.59 Å². The zero-order valence-electron chi connectivity index (χ0n) is 16.3. The van der Waals surface area contributed by atoms with Crippen LogP contribution in [0.2, 0.25) is 0 Å². The summed E-state index contributed by atoms with van der Waals surface area (Å²) in [6.07, 6.45) is 2.15. The van der Waals surface area contributed by atoms with Crippen LogP contribution in [0.3, 0.4) is 0 Å². The third-order valence-corrected chi connectivity index (χ3v) is 4.38. The standard InChI is InChI=1S/C22H25N3O4/c1-2-10-28-17(12-23)14-29-16-7-5-6-15(11-16)25-22(27)19-13-24-20-9-4-3-8-18(20)21(19)26/h3-9,11,13,17H,2,10,12,14,23H2,1H3,(H,24,26)(H,25,27). The predicted octanol–water partition coefficient (Wildman–Crippen LogP) is 2.91. The van der Waals surface area contributed by atoms with Gasteiger partial charge in [0.2, 0.25) is 5.43 Å². The van der Waals surface area contributed by atoms with Crippen LogP contribution >= 0.6 is 0 Å². The number of aromatic nitrogens is 1. The van der Waals surface area contributed by atoms with Gasteiger partial charge in [0.15, 0.2) is 0 Å². The number of nitrogens with one attached hydrogen (secondary N) is 2. The number of nitrogens with two attached hydrogens (primary N) is 1. The molecule has 0 saturated carbocycles. The number of pyridine rings is 1. The van der Waals surface area contributed by atoms with Crippen molar-refractivity contribution >= 4 is 22.5 Å². The molecule has 1 unspecified atom stereocenters. The molecule has 29 heavy (non-hydrogen) atoms. The van der Waals surface area contributed by atoms with E-state index in [-0.39, 0.29) is 17.1 Å². The SMILES string of the molecule is CCCOC(CN)COc1cccc(NC(=O)c2c[nH]c3ccccc3c2=O)c1. The number of benzene rings is 2. The molecule has 7 heteroatoms. The van der Waals surface area contributed by atoms with Gasteiger partial charge in [-0.25, -0.2) is 0 Å². The number of ether oxygens (including phenoxy) is 2. The molecule has 2 aromatic carbocycles. The van der Waals surface area contributed by atoms with E-state index < -0.39 is 5.91 Å². The van der Waals surface area contributed by atoms with E-state index in [1.54, 1.807) is 42.5 Å². The van der Waals surface area contributed by atoms with Gasteiger partial charge < -0.3 is 25.5 Å². The van der Waals surface area contributed by atoms with Gasteiger partial charge in [0.1, 0.15) is 24.0 Å². The minimum absolute atomic E-state index is 0.0474. The second kappa shape index (κ2) is 9.86. The van der Waals surface area contributed by atoms with Crippen molar-refractivity contribution in [3.63, 3.8) is 0 Å². The Balaban J connectivity index is 1.69. The van der Waals surface area contributed by atoms with E-state index in [9.17, 15) is 9.59 Å². The van der Waals surface area contributed by atoms with E-state index in [1.807, 2.05) is 13.0 Å². The average Bonchev–Trinajstić information content (AvgIpc) is 2.74. The molecule has 1 atom stereocenters. The smallest absolute Gasteiger partial charge is 0.261 e. The number of fused-ring (bicyclic) bond motifs is 1. The highest BCUT2D eigenvalue weighted by atomic mass is 16.5. The molecular formula is C22H25N3O4. The van der Waals surface area contributed by atoms with Gasteiger partial charge in [-0.1, -0.05) is 25.1 Å². The molecule has 1 amide bonds. The Morgan fingerprint density at radius 2 is 2.03 bits per heavy atom. The van der Waals surface area contributed by atoms with Crippen molar-refractivity contribution in [1.29, 1.82) is 0 Å². The summed E-state index contributed by atoms with van der Waals surface area (Å²) in [5.41, 5.74) is 6.64. The van der Waals surface area contributed by atoms with Crippen LogP contribution in [0.25, 0.3) is 10.9 Å². The number of hydrogen-bond acceptors (Lipinski definition) is 5. The molecule has 3 aromatic rings. The second-order valence-electron chi connectivity index (χ2n) is 6.60. The fraction of sp³-hybridized carbons (Fsp3) is 0.273. The van der Waals surface area contributed by atoms with Crippen LogP contribution in [0.4, 0.5) is 5.69 Å². The Hall–Kier alpha value is -3.16. The van der Waals surface area contributed by atoms with E-state index in [1.165, 1.54) is 6.20 Å². The lowest BCUT2D eigenvalue weighted by molar-refractivity contribution is 0.0264. The van der Waals surface area contributed by atoms with Crippen molar-refractivity contribution in [2.24, 2.45) is 5.73 Å². The van der Waals surface area contributed by atoms with Gasteiger partial charge in [0.25, 0.3) is 5.91 Å². The molecule has 3 rings (SSSR count). The third kappa shape index (κ3) is 5.22. The fourth-order valence-corrected chi connectivity index (χ4v) is 2.86. The van der Waals surface area contributed by atoms with Crippen LogP contribution in [0, 0.1) is 0 Å². The normalized spacial score (nSPS) is 11.9. The molecule has 0 bridgehead atoms. The number of hydrogen-bond donors (Lipinski definition) is 3. The summed E-state index contributed by atoms with van der Waals surface area (Å²) in [7, 11) is 0. The predicted molar refractivity (Wildman–Crippen MR) is 114 cm³/mol. The minimum Gasteiger partial charge on any atom is -0.491 e. The van der Waals surface area contributed by atoms with Gasteiger partial charge >= 0.3 is 0 Å². The maximum Gasteiger partial charge on any atom is 0.261 e. The van der Waals surface area contributed by atoms with Crippen molar-refractivity contribution in [3.8, 4) is 5.75 Å². The fourth-order valence-electron chi connectivity index (χ4n) is 2.86. The molecule has 0 aliphatic heterocycles. The monoisotopic (exact) mass is 395 g/mol. The molecule has 1 aromatic heterocycles. The van der Waals surface area contributed by atoms with Crippen LogP contribution in [0.1, 0.15) is 23.7 Å². The molecule has 0 radical (unpaired) electrons. The topological polar surface area (TPSA) is 106 Å². The van der Waals surface area contributed by atoms with Gasteiger partial charge in [-0.05, 0) is 30.7 Å². The summed E-state index contributed by atoms with van der Waals surface area (Å²) < 4.78 is 11.3. The number of carbonyl (C=O) groups excluding carboxylic acids is 1. The summed E-state index contributed by atoms with van der Waals surface area (Å²) in [6, 6.07) is 14.0. The van der Waals surface area contributed by atoms with Crippen molar-refractivity contribution in [2.45, 2.75) is 19.4 Å².